The highest BCUT2D eigenvalue weighted by Crippen LogP contribution is 2.20. The number of H-pyrrole nitrogens is 1. The molecule has 19 heavy (non-hydrogen) atoms. The zero-order valence-corrected chi connectivity index (χ0v) is 9.79. The van der Waals surface area contributed by atoms with Crippen LogP contribution in [0.2, 0.25) is 0 Å². The van der Waals surface area contributed by atoms with E-state index in [0.717, 1.165) is 0 Å². The van der Waals surface area contributed by atoms with Gasteiger partial charge in [-0.05, 0) is 36.4 Å². The van der Waals surface area contributed by atoms with Crippen LogP contribution in [0.15, 0.2) is 42.5 Å². The number of aromatic nitrogens is 3. The summed E-state index contributed by atoms with van der Waals surface area (Å²) in [5.41, 5.74) is 2.33. The summed E-state index contributed by atoms with van der Waals surface area (Å²) in [5, 5.41) is 22.4. The quantitative estimate of drug-likeness (QED) is 0.651. The zero-order chi connectivity index (χ0) is 13.2. The lowest BCUT2D eigenvalue weighted by Gasteiger charge is -2.05. The van der Waals surface area contributed by atoms with Gasteiger partial charge in [-0.15, -0.1) is 0 Å². The molecule has 94 valence electrons. The van der Waals surface area contributed by atoms with Crippen molar-refractivity contribution in [1.29, 1.82) is 0 Å². The Bertz CT molecular complexity index is 734. The van der Waals surface area contributed by atoms with Crippen molar-refractivity contribution < 1.29 is 9.90 Å². The third kappa shape index (κ3) is 2.11. The molecule has 0 aliphatic heterocycles. The minimum absolute atomic E-state index is 0.121. The van der Waals surface area contributed by atoms with Crippen molar-refractivity contribution in [2.45, 2.75) is 0 Å². The van der Waals surface area contributed by atoms with Crippen LogP contribution in [0, 0.1) is 0 Å². The SMILES string of the molecule is O=C(Nc1cccc2n[nH]nc12)c1ccc(O)cc1. The predicted octanol–water partition coefficient (Wildman–Crippen LogP) is 1.92. The van der Waals surface area contributed by atoms with Crippen LogP contribution in [0.3, 0.4) is 0 Å². The maximum absolute atomic E-state index is 12.0. The topological polar surface area (TPSA) is 90.9 Å². The van der Waals surface area contributed by atoms with E-state index in [1.807, 2.05) is 0 Å². The van der Waals surface area contributed by atoms with Crippen molar-refractivity contribution in [1.82, 2.24) is 15.4 Å². The first-order valence-electron chi connectivity index (χ1n) is 5.64. The van der Waals surface area contributed by atoms with Crippen LogP contribution in [0.1, 0.15) is 10.4 Å². The van der Waals surface area contributed by atoms with Crippen LogP contribution in [-0.2, 0) is 0 Å². The van der Waals surface area contributed by atoms with Crippen LogP contribution in [0.4, 0.5) is 5.69 Å². The molecule has 1 amide bonds. The van der Waals surface area contributed by atoms with Gasteiger partial charge < -0.3 is 10.4 Å². The number of carbonyl (C=O) groups excluding carboxylic acids is 1. The van der Waals surface area contributed by atoms with Gasteiger partial charge in [0.2, 0.25) is 0 Å². The maximum Gasteiger partial charge on any atom is 0.255 e. The van der Waals surface area contributed by atoms with Crippen LogP contribution in [0.25, 0.3) is 11.0 Å². The Hall–Kier alpha value is -2.89. The molecule has 1 aromatic heterocycles. The maximum atomic E-state index is 12.0. The summed E-state index contributed by atoms with van der Waals surface area (Å²) in [6.07, 6.45) is 0. The predicted molar refractivity (Wildman–Crippen MR) is 69.9 cm³/mol. The number of hydrogen-bond acceptors (Lipinski definition) is 4. The van der Waals surface area contributed by atoms with E-state index >= 15 is 0 Å². The van der Waals surface area contributed by atoms with E-state index < -0.39 is 0 Å². The second kappa shape index (κ2) is 4.41. The highest BCUT2D eigenvalue weighted by atomic mass is 16.3. The largest absolute Gasteiger partial charge is 0.508 e. The molecule has 1 heterocycles. The summed E-state index contributed by atoms with van der Waals surface area (Å²) >= 11 is 0. The van der Waals surface area contributed by atoms with Gasteiger partial charge in [0, 0.05) is 5.56 Å². The lowest BCUT2D eigenvalue weighted by molar-refractivity contribution is 0.102. The molecular formula is C13H10N4O2. The van der Waals surface area contributed by atoms with Crippen molar-refractivity contribution in [3.8, 4) is 5.75 Å². The second-order valence-electron chi connectivity index (χ2n) is 4.00. The molecule has 0 unspecified atom stereocenters. The third-order valence-electron chi connectivity index (χ3n) is 2.72. The normalized spacial score (nSPS) is 10.5. The van der Waals surface area contributed by atoms with Crippen molar-refractivity contribution in [3.05, 3.63) is 48.0 Å². The molecule has 3 aromatic rings. The van der Waals surface area contributed by atoms with Gasteiger partial charge >= 0.3 is 0 Å². The fourth-order valence-electron chi connectivity index (χ4n) is 1.78. The summed E-state index contributed by atoms with van der Waals surface area (Å²) in [6.45, 7) is 0. The number of nitrogens with zero attached hydrogens (tertiary/aromatic N) is 2. The zero-order valence-electron chi connectivity index (χ0n) is 9.79. The van der Waals surface area contributed by atoms with Crippen LogP contribution >= 0.6 is 0 Å². The number of rotatable bonds is 2. The Balaban J connectivity index is 1.90. The molecule has 0 saturated heterocycles. The minimum atomic E-state index is -0.268. The first-order valence-corrected chi connectivity index (χ1v) is 5.64. The molecule has 0 aliphatic carbocycles. The average Bonchev–Trinajstić information content (AvgIpc) is 2.89. The number of aromatic hydroxyl groups is 1. The first kappa shape index (κ1) is 11.2. The lowest BCUT2D eigenvalue weighted by Crippen LogP contribution is -2.11. The van der Waals surface area contributed by atoms with Crippen molar-refractivity contribution in [2.24, 2.45) is 0 Å². The molecule has 0 saturated carbocycles. The third-order valence-corrected chi connectivity index (χ3v) is 2.72. The Morgan fingerprint density at radius 3 is 2.68 bits per heavy atom. The smallest absolute Gasteiger partial charge is 0.255 e. The van der Waals surface area contributed by atoms with Crippen LogP contribution in [0.5, 0.6) is 5.75 Å². The number of hydrogen-bond donors (Lipinski definition) is 3. The summed E-state index contributed by atoms with van der Waals surface area (Å²) in [4.78, 5) is 12.0. The number of aromatic amines is 1. The summed E-state index contributed by atoms with van der Waals surface area (Å²) < 4.78 is 0. The first-order chi connectivity index (χ1) is 9.24. The van der Waals surface area contributed by atoms with Crippen LogP contribution < -0.4 is 5.32 Å². The molecule has 0 radical (unpaired) electrons. The van der Waals surface area contributed by atoms with Gasteiger partial charge in [0.05, 0.1) is 5.69 Å². The number of fused-ring (bicyclic) bond motifs is 1. The van der Waals surface area contributed by atoms with Crippen molar-refractivity contribution in [3.63, 3.8) is 0 Å². The number of nitrogens with one attached hydrogen (secondary N) is 2. The van der Waals surface area contributed by atoms with E-state index in [1.165, 1.54) is 12.1 Å². The average molecular weight is 254 g/mol. The second-order valence-corrected chi connectivity index (χ2v) is 4.00. The summed E-state index contributed by atoms with van der Waals surface area (Å²) in [5.74, 6) is -0.148. The van der Waals surface area contributed by atoms with E-state index in [4.69, 9.17) is 0 Å². The standard InChI is InChI=1S/C13H10N4O2/c18-9-6-4-8(5-7-9)13(19)14-10-2-1-3-11-12(10)16-17-15-11/h1-7,18H,(H,14,19)(H,15,16,17). The molecule has 0 bridgehead atoms. The Morgan fingerprint density at radius 1 is 1.11 bits per heavy atom. The molecule has 0 spiro atoms. The molecule has 0 fully saturated rings. The lowest BCUT2D eigenvalue weighted by atomic mass is 10.2. The van der Waals surface area contributed by atoms with Gasteiger partial charge in [-0.1, -0.05) is 6.07 Å². The van der Waals surface area contributed by atoms with Crippen molar-refractivity contribution >= 4 is 22.6 Å². The monoisotopic (exact) mass is 254 g/mol. The Kier molecular flexibility index (Phi) is 2.60. The fraction of sp³-hybridized carbons (Fsp3) is 0. The number of anilines is 1. The number of benzene rings is 2. The van der Waals surface area contributed by atoms with Gasteiger partial charge in [0.1, 0.15) is 16.8 Å². The van der Waals surface area contributed by atoms with Gasteiger partial charge in [0.15, 0.2) is 0 Å². The molecule has 3 N–H and O–H groups in total. The van der Waals surface area contributed by atoms with Crippen LogP contribution in [-0.4, -0.2) is 26.4 Å². The number of phenols is 1. The highest BCUT2D eigenvalue weighted by molar-refractivity contribution is 6.07. The van der Waals surface area contributed by atoms with E-state index in [9.17, 15) is 9.90 Å². The Morgan fingerprint density at radius 2 is 1.89 bits per heavy atom. The molecule has 6 nitrogen and oxygen atoms in total. The minimum Gasteiger partial charge on any atom is -0.508 e. The summed E-state index contributed by atoms with van der Waals surface area (Å²) in [6, 6.07) is 11.4. The highest BCUT2D eigenvalue weighted by Gasteiger charge is 2.10. The number of para-hydroxylation sites is 1. The molecule has 2 aromatic carbocycles. The summed E-state index contributed by atoms with van der Waals surface area (Å²) in [7, 11) is 0. The van der Waals surface area contributed by atoms with Gasteiger partial charge in [-0.25, -0.2) is 0 Å². The number of carbonyl (C=O) groups is 1. The Labute approximate surface area is 108 Å². The van der Waals surface area contributed by atoms with E-state index in [-0.39, 0.29) is 11.7 Å². The fourth-order valence-corrected chi connectivity index (χ4v) is 1.78. The van der Waals surface area contributed by atoms with E-state index in [1.54, 1.807) is 30.3 Å². The van der Waals surface area contributed by atoms with Crippen molar-refractivity contribution in [2.75, 3.05) is 5.32 Å². The molecule has 0 aliphatic rings. The molecular weight excluding hydrogens is 244 g/mol. The molecule has 0 atom stereocenters. The number of phenolic OH excluding ortho intramolecular Hbond substituents is 1. The van der Waals surface area contributed by atoms with Gasteiger partial charge in [-0.2, -0.15) is 15.4 Å². The van der Waals surface area contributed by atoms with E-state index in [0.29, 0.717) is 22.3 Å². The van der Waals surface area contributed by atoms with E-state index in [2.05, 4.69) is 20.7 Å². The number of amides is 1. The molecule has 3 rings (SSSR count). The molecule has 6 heteroatoms. The van der Waals surface area contributed by atoms with Gasteiger partial charge in [-0.3, -0.25) is 4.79 Å². The van der Waals surface area contributed by atoms with Gasteiger partial charge in [0.25, 0.3) is 5.91 Å².